The molecule has 0 radical (unpaired) electrons. The van der Waals surface area contributed by atoms with Crippen LogP contribution in [0.15, 0.2) is 36.7 Å². The lowest BCUT2D eigenvalue weighted by Crippen LogP contribution is -2.39. The van der Waals surface area contributed by atoms with Crippen molar-refractivity contribution in [3.05, 3.63) is 42.2 Å². The second-order valence-corrected chi connectivity index (χ2v) is 4.82. The second kappa shape index (κ2) is 5.74. The summed E-state index contributed by atoms with van der Waals surface area (Å²) in [6.07, 6.45) is 2.15. The monoisotopic (exact) mass is 285 g/mol. The molecule has 1 aliphatic rings. The number of carbonyl (C=O) groups excluding carboxylic acids is 2. The molecule has 1 atom stereocenters. The van der Waals surface area contributed by atoms with Crippen molar-refractivity contribution in [2.45, 2.75) is 18.9 Å². The van der Waals surface area contributed by atoms with Crippen molar-refractivity contribution < 1.29 is 9.59 Å². The van der Waals surface area contributed by atoms with Crippen LogP contribution in [0.3, 0.4) is 0 Å². The zero-order chi connectivity index (χ0) is 14.7. The van der Waals surface area contributed by atoms with Gasteiger partial charge in [0.05, 0.1) is 6.42 Å². The van der Waals surface area contributed by atoms with Crippen molar-refractivity contribution in [2.24, 2.45) is 0 Å². The number of rotatable bonds is 4. The molecule has 0 fully saturated rings. The summed E-state index contributed by atoms with van der Waals surface area (Å²) in [5, 5.41) is 9.41. The molecule has 108 valence electrons. The number of amides is 2. The lowest BCUT2D eigenvalue weighted by molar-refractivity contribution is -0.128. The fourth-order valence-corrected chi connectivity index (χ4v) is 2.30. The molecule has 0 spiro atoms. The quantitative estimate of drug-likeness (QED) is 0.857. The Hall–Kier alpha value is -2.70. The highest BCUT2D eigenvalue weighted by molar-refractivity contribution is 5.95. The standard InChI is InChI=1S/C14H15N5O2/c20-12-8-11(19-14(18-12)16-9-17-19)13(21)15-7-6-10-4-2-1-3-5-10/h1-5,9,11H,6-8H2,(H,15,21)(H,16,17,18,20)/t11-/m1/s1. The van der Waals surface area contributed by atoms with E-state index >= 15 is 0 Å². The minimum absolute atomic E-state index is 0.0769. The van der Waals surface area contributed by atoms with Gasteiger partial charge in [0.1, 0.15) is 12.4 Å². The van der Waals surface area contributed by atoms with Gasteiger partial charge in [-0.25, -0.2) is 4.68 Å². The number of anilines is 1. The zero-order valence-corrected chi connectivity index (χ0v) is 11.3. The van der Waals surface area contributed by atoms with E-state index in [-0.39, 0.29) is 18.2 Å². The summed E-state index contributed by atoms with van der Waals surface area (Å²) in [6.45, 7) is 0.519. The Balaban J connectivity index is 1.60. The van der Waals surface area contributed by atoms with Crippen LogP contribution in [0, 0.1) is 0 Å². The average molecular weight is 285 g/mol. The maximum atomic E-state index is 12.2. The lowest BCUT2D eigenvalue weighted by atomic mass is 10.1. The Labute approximate surface area is 121 Å². The van der Waals surface area contributed by atoms with Gasteiger partial charge in [0.15, 0.2) is 0 Å². The number of nitrogens with zero attached hydrogens (tertiary/aromatic N) is 3. The van der Waals surface area contributed by atoms with Crippen molar-refractivity contribution in [3.63, 3.8) is 0 Å². The maximum absolute atomic E-state index is 12.2. The molecule has 2 heterocycles. The van der Waals surface area contributed by atoms with Gasteiger partial charge < -0.3 is 5.32 Å². The first-order valence-corrected chi connectivity index (χ1v) is 6.75. The number of aromatic nitrogens is 3. The third-order valence-electron chi connectivity index (χ3n) is 3.36. The Morgan fingerprint density at radius 1 is 1.38 bits per heavy atom. The van der Waals surface area contributed by atoms with Gasteiger partial charge in [-0.15, -0.1) is 0 Å². The lowest BCUT2D eigenvalue weighted by Gasteiger charge is -2.22. The first-order chi connectivity index (χ1) is 10.2. The van der Waals surface area contributed by atoms with E-state index in [1.165, 1.54) is 11.0 Å². The van der Waals surface area contributed by atoms with Crippen LogP contribution >= 0.6 is 0 Å². The number of nitrogens with one attached hydrogen (secondary N) is 2. The van der Waals surface area contributed by atoms with Crippen LogP contribution < -0.4 is 10.6 Å². The molecule has 0 saturated heterocycles. The van der Waals surface area contributed by atoms with E-state index in [9.17, 15) is 9.59 Å². The summed E-state index contributed by atoms with van der Waals surface area (Å²) in [6, 6.07) is 9.27. The van der Waals surface area contributed by atoms with E-state index in [2.05, 4.69) is 20.7 Å². The Morgan fingerprint density at radius 3 is 3.00 bits per heavy atom. The molecular formula is C14H15N5O2. The molecule has 2 N–H and O–H groups in total. The number of hydrogen-bond acceptors (Lipinski definition) is 4. The molecule has 0 bridgehead atoms. The molecule has 3 rings (SSSR count). The molecule has 0 aliphatic carbocycles. The van der Waals surface area contributed by atoms with E-state index in [4.69, 9.17) is 0 Å². The van der Waals surface area contributed by atoms with Gasteiger partial charge in [-0.05, 0) is 12.0 Å². The molecule has 7 nitrogen and oxygen atoms in total. The van der Waals surface area contributed by atoms with Gasteiger partial charge in [0.2, 0.25) is 17.8 Å². The second-order valence-electron chi connectivity index (χ2n) is 4.82. The molecule has 1 aliphatic heterocycles. The van der Waals surface area contributed by atoms with Crippen molar-refractivity contribution in [1.29, 1.82) is 0 Å². The largest absolute Gasteiger partial charge is 0.354 e. The van der Waals surface area contributed by atoms with E-state index in [0.29, 0.717) is 12.5 Å². The van der Waals surface area contributed by atoms with E-state index in [1.54, 1.807) is 0 Å². The Morgan fingerprint density at radius 2 is 2.19 bits per heavy atom. The topological polar surface area (TPSA) is 88.9 Å². The molecule has 2 amide bonds. The highest BCUT2D eigenvalue weighted by Crippen LogP contribution is 2.21. The molecule has 1 aromatic carbocycles. The number of hydrogen-bond donors (Lipinski definition) is 2. The van der Waals surface area contributed by atoms with Crippen LogP contribution in [-0.2, 0) is 16.0 Å². The normalized spacial score (nSPS) is 17.0. The Kier molecular flexibility index (Phi) is 3.63. The van der Waals surface area contributed by atoms with Gasteiger partial charge in [-0.1, -0.05) is 30.3 Å². The van der Waals surface area contributed by atoms with Gasteiger partial charge in [-0.2, -0.15) is 10.1 Å². The van der Waals surface area contributed by atoms with Gasteiger partial charge in [0, 0.05) is 6.54 Å². The highest BCUT2D eigenvalue weighted by atomic mass is 16.2. The summed E-state index contributed by atoms with van der Waals surface area (Å²) in [4.78, 5) is 27.7. The first kappa shape index (κ1) is 13.3. The summed E-state index contributed by atoms with van der Waals surface area (Å²) in [7, 11) is 0. The smallest absolute Gasteiger partial charge is 0.245 e. The van der Waals surface area contributed by atoms with Crippen LogP contribution in [0.5, 0.6) is 0 Å². The maximum Gasteiger partial charge on any atom is 0.245 e. The molecule has 1 aromatic heterocycles. The summed E-state index contributed by atoms with van der Waals surface area (Å²) < 4.78 is 1.44. The summed E-state index contributed by atoms with van der Waals surface area (Å²) >= 11 is 0. The zero-order valence-electron chi connectivity index (χ0n) is 11.3. The van der Waals surface area contributed by atoms with Gasteiger partial charge in [0.25, 0.3) is 0 Å². The van der Waals surface area contributed by atoms with Gasteiger partial charge in [-0.3, -0.25) is 14.9 Å². The minimum Gasteiger partial charge on any atom is -0.354 e. The number of carbonyl (C=O) groups is 2. The van der Waals surface area contributed by atoms with Crippen LogP contribution in [0.1, 0.15) is 18.0 Å². The van der Waals surface area contributed by atoms with E-state index in [1.807, 2.05) is 30.3 Å². The van der Waals surface area contributed by atoms with E-state index < -0.39 is 6.04 Å². The van der Waals surface area contributed by atoms with Crippen molar-refractivity contribution in [3.8, 4) is 0 Å². The third-order valence-corrected chi connectivity index (χ3v) is 3.36. The molecule has 21 heavy (non-hydrogen) atoms. The first-order valence-electron chi connectivity index (χ1n) is 6.75. The van der Waals surface area contributed by atoms with Crippen molar-refractivity contribution >= 4 is 17.8 Å². The SMILES string of the molecule is O=C1C[C@H](C(=O)NCCc2ccccc2)n2ncnc2N1. The average Bonchev–Trinajstić information content (AvgIpc) is 2.95. The number of benzene rings is 1. The van der Waals surface area contributed by atoms with Crippen molar-refractivity contribution in [2.75, 3.05) is 11.9 Å². The molecule has 7 heteroatoms. The fraction of sp³-hybridized carbons (Fsp3) is 0.286. The predicted molar refractivity (Wildman–Crippen MR) is 75.5 cm³/mol. The van der Waals surface area contributed by atoms with Gasteiger partial charge >= 0.3 is 0 Å². The summed E-state index contributed by atoms with van der Waals surface area (Å²) in [5.41, 5.74) is 1.15. The Bertz CT molecular complexity index is 652. The molecule has 0 unspecified atom stereocenters. The van der Waals surface area contributed by atoms with Crippen LogP contribution in [0.4, 0.5) is 5.95 Å². The predicted octanol–water partition coefficient (Wildman–Crippen LogP) is 0.520. The molecule has 2 aromatic rings. The van der Waals surface area contributed by atoms with Crippen molar-refractivity contribution in [1.82, 2.24) is 20.1 Å². The highest BCUT2D eigenvalue weighted by Gasteiger charge is 2.31. The van der Waals surface area contributed by atoms with E-state index in [0.717, 1.165) is 12.0 Å². The number of fused-ring (bicyclic) bond motifs is 1. The molecular weight excluding hydrogens is 270 g/mol. The third kappa shape index (κ3) is 2.91. The molecule has 0 saturated carbocycles. The summed E-state index contributed by atoms with van der Waals surface area (Å²) in [5.74, 6) is -0.124. The van der Waals surface area contributed by atoms with Crippen LogP contribution in [-0.4, -0.2) is 33.1 Å². The fourth-order valence-electron chi connectivity index (χ4n) is 2.30. The van der Waals surface area contributed by atoms with Crippen LogP contribution in [0.25, 0.3) is 0 Å². The minimum atomic E-state index is -0.632. The van der Waals surface area contributed by atoms with Crippen LogP contribution in [0.2, 0.25) is 0 Å².